The second-order valence-corrected chi connectivity index (χ2v) is 3.12. The highest BCUT2D eigenvalue weighted by atomic mass is 16.5. The Hall–Kier alpha value is -0.200. The van der Waals surface area contributed by atoms with E-state index in [4.69, 9.17) is 15.6 Å². The summed E-state index contributed by atoms with van der Waals surface area (Å²) in [7, 11) is 0. The number of hydrogen-bond donors (Lipinski definition) is 4. The van der Waals surface area contributed by atoms with Crippen molar-refractivity contribution in [1.82, 2.24) is 0 Å². The van der Waals surface area contributed by atoms with Crippen LogP contribution in [0.25, 0.3) is 0 Å². The van der Waals surface area contributed by atoms with Crippen molar-refractivity contribution >= 4 is 0 Å². The van der Waals surface area contributed by atoms with Crippen LogP contribution in [0.1, 0.15) is 6.92 Å². The van der Waals surface area contributed by atoms with Gasteiger partial charge in [0.25, 0.3) is 0 Å². The molecule has 0 amide bonds. The lowest BCUT2D eigenvalue weighted by Crippen LogP contribution is -2.61. The van der Waals surface area contributed by atoms with E-state index < -0.39 is 30.5 Å². The molecule has 0 saturated carbocycles. The first-order valence-electron chi connectivity index (χ1n) is 3.96. The summed E-state index contributed by atoms with van der Waals surface area (Å²) < 4.78 is 5.15. The average molecular weight is 177 g/mol. The Balaban J connectivity index is 2.63. The molecule has 0 radical (unpaired) electrons. The Morgan fingerprint density at radius 3 is 2.42 bits per heavy atom. The third kappa shape index (κ3) is 1.60. The van der Waals surface area contributed by atoms with Crippen LogP contribution in [0.15, 0.2) is 0 Å². The van der Waals surface area contributed by atoms with E-state index in [1.165, 1.54) is 0 Å². The summed E-state index contributed by atoms with van der Waals surface area (Å²) in [6.07, 6.45) is -3.07. The van der Waals surface area contributed by atoms with Crippen molar-refractivity contribution in [2.24, 2.45) is 5.73 Å². The van der Waals surface area contributed by atoms with Gasteiger partial charge >= 0.3 is 0 Å². The Morgan fingerprint density at radius 2 is 1.92 bits per heavy atom. The van der Waals surface area contributed by atoms with Crippen molar-refractivity contribution in [2.45, 2.75) is 37.4 Å². The van der Waals surface area contributed by atoms with Gasteiger partial charge < -0.3 is 25.8 Å². The maximum Gasteiger partial charge on any atom is 0.107 e. The van der Waals surface area contributed by atoms with E-state index in [-0.39, 0.29) is 6.61 Å². The molecule has 5 heteroatoms. The van der Waals surface area contributed by atoms with Crippen LogP contribution >= 0.6 is 0 Å². The second kappa shape index (κ2) is 3.68. The summed E-state index contributed by atoms with van der Waals surface area (Å²) in [5, 5.41) is 27.4. The van der Waals surface area contributed by atoms with E-state index in [1.807, 2.05) is 0 Å². The molecular weight excluding hydrogens is 162 g/mol. The SMILES string of the molecule is C[C@@H]1OC(CO)[C@H](N)[C@H](O)C1O. The van der Waals surface area contributed by atoms with Gasteiger partial charge in [0, 0.05) is 0 Å². The van der Waals surface area contributed by atoms with E-state index in [1.54, 1.807) is 6.92 Å². The summed E-state index contributed by atoms with van der Waals surface area (Å²) in [4.78, 5) is 0. The first-order chi connectivity index (χ1) is 5.57. The summed E-state index contributed by atoms with van der Waals surface area (Å²) in [5.74, 6) is 0. The monoisotopic (exact) mass is 177 g/mol. The molecule has 1 fully saturated rings. The van der Waals surface area contributed by atoms with Gasteiger partial charge in [-0.05, 0) is 6.92 Å². The van der Waals surface area contributed by atoms with Gasteiger partial charge in [0.15, 0.2) is 0 Å². The quantitative estimate of drug-likeness (QED) is 0.365. The summed E-state index contributed by atoms with van der Waals surface area (Å²) in [6.45, 7) is 1.39. The Labute approximate surface area is 70.8 Å². The third-order valence-electron chi connectivity index (χ3n) is 2.22. The number of rotatable bonds is 1. The molecule has 1 heterocycles. The van der Waals surface area contributed by atoms with E-state index in [9.17, 15) is 10.2 Å². The predicted molar refractivity (Wildman–Crippen MR) is 41.4 cm³/mol. The van der Waals surface area contributed by atoms with Crippen molar-refractivity contribution < 1.29 is 20.1 Å². The number of nitrogens with two attached hydrogens (primary N) is 1. The fraction of sp³-hybridized carbons (Fsp3) is 1.00. The molecule has 0 aromatic carbocycles. The van der Waals surface area contributed by atoms with Crippen LogP contribution in [0.5, 0.6) is 0 Å². The molecule has 0 aliphatic carbocycles. The number of aliphatic hydroxyl groups is 3. The van der Waals surface area contributed by atoms with Gasteiger partial charge in [-0.15, -0.1) is 0 Å². The molecular formula is C7H15NO4. The molecule has 0 aromatic rings. The lowest BCUT2D eigenvalue weighted by Gasteiger charge is -2.39. The minimum absolute atomic E-state index is 0.241. The maximum atomic E-state index is 9.35. The van der Waals surface area contributed by atoms with Gasteiger partial charge in [0.1, 0.15) is 12.2 Å². The Kier molecular flexibility index (Phi) is 3.03. The predicted octanol–water partition coefficient (Wildman–Crippen LogP) is -2.18. The van der Waals surface area contributed by atoms with Gasteiger partial charge in [-0.1, -0.05) is 0 Å². The Bertz CT molecular complexity index is 150. The molecule has 0 aromatic heterocycles. The molecule has 72 valence electrons. The first-order valence-corrected chi connectivity index (χ1v) is 3.96. The zero-order chi connectivity index (χ0) is 9.30. The van der Waals surface area contributed by atoms with Crippen LogP contribution in [-0.2, 0) is 4.74 Å². The number of aliphatic hydroxyl groups excluding tert-OH is 3. The highest BCUT2D eigenvalue weighted by Gasteiger charge is 2.39. The van der Waals surface area contributed by atoms with Crippen LogP contribution in [0, 0.1) is 0 Å². The largest absolute Gasteiger partial charge is 0.394 e. The van der Waals surface area contributed by atoms with Crippen LogP contribution in [0.2, 0.25) is 0 Å². The zero-order valence-corrected chi connectivity index (χ0v) is 6.92. The molecule has 5 atom stereocenters. The van der Waals surface area contributed by atoms with Gasteiger partial charge in [0.2, 0.25) is 0 Å². The van der Waals surface area contributed by atoms with Crippen LogP contribution < -0.4 is 5.73 Å². The van der Waals surface area contributed by atoms with Crippen molar-refractivity contribution in [1.29, 1.82) is 0 Å². The number of hydrogen-bond acceptors (Lipinski definition) is 5. The molecule has 1 saturated heterocycles. The van der Waals surface area contributed by atoms with Crippen molar-refractivity contribution in [2.75, 3.05) is 6.61 Å². The molecule has 5 nitrogen and oxygen atoms in total. The highest BCUT2D eigenvalue weighted by Crippen LogP contribution is 2.18. The van der Waals surface area contributed by atoms with Gasteiger partial charge in [-0.25, -0.2) is 0 Å². The molecule has 1 aliphatic heterocycles. The Morgan fingerprint density at radius 1 is 1.33 bits per heavy atom. The van der Waals surface area contributed by atoms with Gasteiger partial charge in [-0.2, -0.15) is 0 Å². The van der Waals surface area contributed by atoms with Crippen molar-refractivity contribution in [3.63, 3.8) is 0 Å². The molecule has 0 spiro atoms. The fourth-order valence-electron chi connectivity index (χ4n) is 1.34. The van der Waals surface area contributed by atoms with Crippen LogP contribution in [-0.4, -0.2) is 52.4 Å². The molecule has 2 unspecified atom stereocenters. The molecule has 1 rings (SSSR count). The van der Waals surface area contributed by atoms with Crippen LogP contribution in [0.3, 0.4) is 0 Å². The average Bonchev–Trinajstić information content (AvgIpc) is 2.08. The van der Waals surface area contributed by atoms with Gasteiger partial charge in [0.05, 0.1) is 24.9 Å². The van der Waals surface area contributed by atoms with E-state index in [0.29, 0.717) is 0 Å². The third-order valence-corrected chi connectivity index (χ3v) is 2.22. The lowest BCUT2D eigenvalue weighted by atomic mass is 9.94. The molecule has 12 heavy (non-hydrogen) atoms. The summed E-state index contributed by atoms with van der Waals surface area (Å²) in [6, 6.07) is -0.721. The minimum Gasteiger partial charge on any atom is -0.394 e. The zero-order valence-electron chi connectivity index (χ0n) is 6.92. The minimum atomic E-state index is -1.02. The smallest absolute Gasteiger partial charge is 0.107 e. The van der Waals surface area contributed by atoms with E-state index in [0.717, 1.165) is 0 Å². The van der Waals surface area contributed by atoms with Gasteiger partial charge in [-0.3, -0.25) is 0 Å². The van der Waals surface area contributed by atoms with E-state index in [2.05, 4.69) is 0 Å². The standard InChI is InChI=1S/C7H15NO4/c1-3-6(10)7(11)5(8)4(2-9)12-3/h3-7,9-11H,2,8H2,1H3/t3-,4?,5-,6?,7-/m0/s1. The molecule has 1 aliphatic rings. The molecule has 5 N–H and O–H groups in total. The fourth-order valence-corrected chi connectivity index (χ4v) is 1.34. The van der Waals surface area contributed by atoms with E-state index >= 15 is 0 Å². The highest BCUT2D eigenvalue weighted by molar-refractivity contribution is 4.92. The normalized spacial score (nSPS) is 49.2. The van der Waals surface area contributed by atoms with Crippen molar-refractivity contribution in [3.05, 3.63) is 0 Å². The first kappa shape index (κ1) is 9.88. The number of ether oxygens (including phenoxy) is 1. The maximum absolute atomic E-state index is 9.35. The van der Waals surface area contributed by atoms with Crippen LogP contribution in [0.4, 0.5) is 0 Å². The summed E-state index contributed by atoms with van der Waals surface area (Å²) in [5.41, 5.74) is 5.49. The summed E-state index contributed by atoms with van der Waals surface area (Å²) >= 11 is 0. The topological polar surface area (TPSA) is 95.9 Å². The second-order valence-electron chi connectivity index (χ2n) is 3.12. The lowest BCUT2D eigenvalue weighted by molar-refractivity contribution is -0.180. The molecule has 0 bridgehead atoms. The van der Waals surface area contributed by atoms with Crippen molar-refractivity contribution in [3.8, 4) is 0 Å².